The average Bonchev–Trinajstić information content (AvgIpc) is 2.81. The Kier molecular flexibility index (Phi) is 3.96. The van der Waals surface area contributed by atoms with E-state index in [9.17, 15) is 9.59 Å². The number of rotatable bonds is 4. The Morgan fingerprint density at radius 3 is 2.88 bits per heavy atom. The van der Waals surface area contributed by atoms with Crippen LogP contribution < -0.4 is 5.32 Å². The van der Waals surface area contributed by atoms with Crippen LogP contribution in [0.25, 0.3) is 0 Å². The number of hydrogen-bond donors (Lipinski definition) is 1. The third kappa shape index (κ3) is 2.59. The van der Waals surface area contributed by atoms with E-state index in [-0.39, 0.29) is 24.3 Å². The molecule has 2 rings (SSSR count). The van der Waals surface area contributed by atoms with Crippen LogP contribution in [-0.2, 0) is 16.1 Å². The maximum absolute atomic E-state index is 11.8. The van der Waals surface area contributed by atoms with Gasteiger partial charge in [0, 0.05) is 22.4 Å². The summed E-state index contributed by atoms with van der Waals surface area (Å²) in [5.41, 5.74) is 0. The Morgan fingerprint density at radius 2 is 2.35 bits per heavy atom. The zero-order valence-corrected chi connectivity index (χ0v) is 11.8. The fraction of sp³-hybridized carbons (Fsp3) is 0.455. The topological polar surface area (TPSA) is 49.4 Å². The smallest absolute Gasteiger partial charge is 0.246 e. The van der Waals surface area contributed by atoms with E-state index in [0.717, 1.165) is 9.35 Å². The number of likely N-dealkylation sites (tertiary alicyclic amines) is 1. The highest BCUT2D eigenvalue weighted by atomic mass is 79.9. The summed E-state index contributed by atoms with van der Waals surface area (Å²) in [6.45, 7) is 2.88. The van der Waals surface area contributed by atoms with Gasteiger partial charge < -0.3 is 5.32 Å². The second-order valence-electron chi connectivity index (χ2n) is 3.81. The summed E-state index contributed by atoms with van der Waals surface area (Å²) >= 11 is 5.06. The van der Waals surface area contributed by atoms with Crippen LogP contribution in [-0.4, -0.2) is 29.3 Å². The number of likely N-dealkylation sites (N-methyl/N-ethyl adjacent to an activating group) is 1. The first-order valence-electron chi connectivity index (χ1n) is 5.43. The standard InChI is InChI=1S/C11H13BrN2O2S/c1-2-14-10(15)5-8(11(14)16)13-6-9-7(12)3-4-17-9/h3-4,8,13H,2,5-6H2,1H3. The lowest BCUT2D eigenvalue weighted by Gasteiger charge is -2.12. The van der Waals surface area contributed by atoms with Gasteiger partial charge in [0.05, 0.1) is 12.5 Å². The Morgan fingerprint density at radius 1 is 1.59 bits per heavy atom. The molecule has 1 N–H and O–H groups in total. The van der Waals surface area contributed by atoms with Crippen molar-refractivity contribution in [2.45, 2.75) is 25.9 Å². The van der Waals surface area contributed by atoms with E-state index in [1.54, 1.807) is 11.3 Å². The lowest BCUT2D eigenvalue weighted by atomic mass is 10.2. The number of hydrogen-bond acceptors (Lipinski definition) is 4. The highest BCUT2D eigenvalue weighted by molar-refractivity contribution is 9.10. The predicted molar refractivity (Wildman–Crippen MR) is 69.7 cm³/mol. The van der Waals surface area contributed by atoms with Crippen molar-refractivity contribution in [3.63, 3.8) is 0 Å². The van der Waals surface area contributed by atoms with Crippen LogP contribution in [0.3, 0.4) is 0 Å². The van der Waals surface area contributed by atoms with Gasteiger partial charge in [-0.05, 0) is 34.3 Å². The van der Waals surface area contributed by atoms with Crippen molar-refractivity contribution in [1.29, 1.82) is 0 Å². The van der Waals surface area contributed by atoms with E-state index in [1.807, 2.05) is 18.4 Å². The quantitative estimate of drug-likeness (QED) is 0.861. The molecular formula is C11H13BrN2O2S. The second kappa shape index (κ2) is 5.29. The third-order valence-electron chi connectivity index (χ3n) is 2.76. The van der Waals surface area contributed by atoms with E-state index >= 15 is 0 Å². The molecule has 1 aromatic rings. The summed E-state index contributed by atoms with van der Waals surface area (Å²) in [6.07, 6.45) is 0.273. The lowest BCUT2D eigenvalue weighted by molar-refractivity contribution is -0.138. The average molecular weight is 317 g/mol. The Balaban J connectivity index is 1.95. The molecule has 1 atom stereocenters. The largest absolute Gasteiger partial charge is 0.300 e. The zero-order valence-electron chi connectivity index (χ0n) is 9.40. The number of halogens is 1. The first-order valence-corrected chi connectivity index (χ1v) is 7.10. The monoisotopic (exact) mass is 316 g/mol. The van der Waals surface area contributed by atoms with Crippen molar-refractivity contribution < 1.29 is 9.59 Å². The zero-order chi connectivity index (χ0) is 12.4. The van der Waals surface area contributed by atoms with Crippen molar-refractivity contribution >= 4 is 39.1 Å². The van der Waals surface area contributed by atoms with Crippen LogP contribution in [0.15, 0.2) is 15.9 Å². The second-order valence-corrected chi connectivity index (χ2v) is 5.66. The van der Waals surface area contributed by atoms with Crippen LogP contribution in [0.4, 0.5) is 0 Å². The Hall–Kier alpha value is -0.720. The molecule has 1 fully saturated rings. The maximum atomic E-state index is 11.8. The van der Waals surface area contributed by atoms with Crippen LogP contribution in [0.2, 0.25) is 0 Å². The van der Waals surface area contributed by atoms with E-state index in [2.05, 4.69) is 21.2 Å². The molecule has 2 heterocycles. The fourth-order valence-electron chi connectivity index (χ4n) is 1.84. The van der Waals surface area contributed by atoms with Crippen LogP contribution in [0, 0.1) is 0 Å². The summed E-state index contributed by atoms with van der Waals surface area (Å²) in [7, 11) is 0. The summed E-state index contributed by atoms with van der Waals surface area (Å²) in [4.78, 5) is 25.8. The molecule has 2 amide bonds. The highest BCUT2D eigenvalue weighted by Crippen LogP contribution is 2.23. The van der Waals surface area contributed by atoms with Crippen LogP contribution in [0.1, 0.15) is 18.2 Å². The molecule has 0 bridgehead atoms. The molecular weight excluding hydrogens is 304 g/mol. The Labute approximate surface area is 112 Å². The van der Waals surface area contributed by atoms with Gasteiger partial charge in [0.25, 0.3) is 0 Å². The van der Waals surface area contributed by atoms with Gasteiger partial charge in [-0.2, -0.15) is 0 Å². The summed E-state index contributed by atoms with van der Waals surface area (Å²) in [6, 6.07) is 1.61. The van der Waals surface area contributed by atoms with Crippen LogP contribution in [0.5, 0.6) is 0 Å². The molecule has 1 unspecified atom stereocenters. The molecule has 0 aliphatic carbocycles. The number of carbonyl (C=O) groups is 2. The Bertz CT molecular complexity index is 446. The fourth-order valence-corrected chi connectivity index (χ4v) is 3.29. The van der Waals surface area contributed by atoms with Crippen molar-refractivity contribution in [3.8, 4) is 0 Å². The SMILES string of the molecule is CCN1C(=O)CC(NCc2sccc2Br)C1=O. The van der Waals surface area contributed by atoms with Crippen LogP contribution >= 0.6 is 27.3 Å². The van der Waals surface area contributed by atoms with Crippen molar-refractivity contribution in [2.24, 2.45) is 0 Å². The number of carbonyl (C=O) groups excluding carboxylic acids is 2. The van der Waals surface area contributed by atoms with E-state index in [4.69, 9.17) is 0 Å². The lowest BCUT2D eigenvalue weighted by Crippen LogP contribution is -2.38. The van der Waals surface area contributed by atoms with Crippen molar-refractivity contribution in [3.05, 3.63) is 20.8 Å². The van der Waals surface area contributed by atoms with E-state index in [1.165, 1.54) is 4.90 Å². The molecule has 17 heavy (non-hydrogen) atoms. The molecule has 1 aliphatic rings. The summed E-state index contributed by atoms with van der Waals surface area (Å²) < 4.78 is 1.04. The van der Waals surface area contributed by atoms with Crippen molar-refractivity contribution in [1.82, 2.24) is 10.2 Å². The number of thiophene rings is 1. The van der Waals surface area contributed by atoms with E-state index < -0.39 is 0 Å². The summed E-state index contributed by atoms with van der Waals surface area (Å²) in [5.74, 6) is -0.189. The highest BCUT2D eigenvalue weighted by Gasteiger charge is 2.37. The minimum absolute atomic E-state index is 0.0831. The van der Waals surface area contributed by atoms with Gasteiger partial charge in [0.2, 0.25) is 11.8 Å². The van der Waals surface area contributed by atoms with Gasteiger partial charge in [0.15, 0.2) is 0 Å². The number of nitrogens with zero attached hydrogens (tertiary/aromatic N) is 1. The van der Waals surface area contributed by atoms with Gasteiger partial charge in [-0.25, -0.2) is 0 Å². The minimum atomic E-state index is -0.364. The molecule has 1 aliphatic heterocycles. The van der Waals surface area contributed by atoms with E-state index in [0.29, 0.717) is 13.1 Å². The van der Waals surface area contributed by atoms with Gasteiger partial charge in [-0.3, -0.25) is 14.5 Å². The normalized spacial score (nSPS) is 20.4. The van der Waals surface area contributed by atoms with Gasteiger partial charge in [-0.1, -0.05) is 0 Å². The first kappa shape index (κ1) is 12.7. The third-order valence-corrected chi connectivity index (χ3v) is 4.69. The molecule has 6 heteroatoms. The summed E-state index contributed by atoms with van der Waals surface area (Å²) in [5, 5.41) is 5.12. The van der Waals surface area contributed by atoms with Crippen molar-refractivity contribution in [2.75, 3.05) is 6.54 Å². The molecule has 1 saturated heterocycles. The first-order chi connectivity index (χ1) is 8.13. The molecule has 92 valence electrons. The molecule has 0 spiro atoms. The maximum Gasteiger partial charge on any atom is 0.246 e. The molecule has 0 saturated carbocycles. The molecule has 1 aromatic heterocycles. The van der Waals surface area contributed by atoms with Gasteiger partial charge in [0.1, 0.15) is 0 Å². The minimum Gasteiger partial charge on any atom is -0.300 e. The molecule has 4 nitrogen and oxygen atoms in total. The molecule has 0 aromatic carbocycles. The number of imide groups is 1. The predicted octanol–water partition coefficient (Wildman–Crippen LogP) is 1.75. The molecule has 0 radical (unpaired) electrons. The van der Waals surface area contributed by atoms with Gasteiger partial charge >= 0.3 is 0 Å². The number of nitrogens with one attached hydrogen (secondary N) is 1. The number of amides is 2. The van der Waals surface area contributed by atoms with Gasteiger partial charge in [-0.15, -0.1) is 11.3 Å².